The molecular weight excluding hydrogens is 260 g/mol. The molecule has 0 bridgehead atoms. The second kappa shape index (κ2) is 4.21. The van der Waals surface area contributed by atoms with Crippen molar-refractivity contribution in [3.63, 3.8) is 0 Å². The number of fused-ring (bicyclic) bond motifs is 1. The Kier molecular flexibility index (Phi) is 2.87. The van der Waals surface area contributed by atoms with Gasteiger partial charge in [-0.3, -0.25) is 0 Å². The Morgan fingerprint density at radius 1 is 1.21 bits per heavy atom. The van der Waals surface area contributed by atoms with Crippen LogP contribution in [0.5, 0.6) is 0 Å². The zero-order valence-electron chi connectivity index (χ0n) is 11.4. The number of hydrogen-bond donors (Lipinski definition) is 1. The Morgan fingerprint density at radius 2 is 1.89 bits per heavy atom. The Bertz CT molecular complexity index is 602. The fraction of sp³-hybridized carbons (Fsp3) is 0.571. The highest BCUT2D eigenvalue weighted by Crippen LogP contribution is 2.38. The van der Waals surface area contributed by atoms with Gasteiger partial charge in [0, 0.05) is 30.7 Å². The highest BCUT2D eigenvalue weighted by molar-refractivity contribution is 7.89. The topological polar surface area (TPSA) is 49.4 Å². The first-order valence-electron chi connectivity index (χ1n) is 6.80. The van der Waals surface area contributed by atoms with Crippen LogP contribution in [0.25, 0.3) is 0 Å². The number of sulfonamides is 1. The van der Waals surface area contributed by atoms with Crippen molar-refractivity contribution in [2.75, 3.05) is 25.0 Å². The van der Waals surface area contributed by atoms with Crippen molar-refractivity contribution >= 4 is 15.7 Å². The summed E-state index contributed by atoms with van der Waals surface area (Å²) in [5, 5.41) is 3.33. The molecule has 1 N–H and O–H groups in total. The van der Waals surface area contributed by atoms with E-state index in [1.54, 1.807) is 10.4 Å². The van der Waals surface area contributed by atoms with Crippen LogP contribution in [-0.2, 0) is 15.4 Å². The van der Waals surface area contributed by atoms with Crippen LogP contribution in [0.4, 0.5) is 5.69 Å². The predicted octanol–water partition coefficient (Wildman–Crippen LogP) is 2.17. The Balaban J connectivity index is 2.03. The molecule has 1 aromatic rings. The van der Waals surface area contributed by atoms with Crippen molar-refractivity contribution in [1.29, 1.82) is 0 Å². The molecular formula is C14H20N2O2S. The van der Waals surface area contributed by atoms with Gasteiger partial charge in [-0.25, -0.2) is 8.42 Å². The van der Waals surface area contributed by atoms with Crippen LogP contribution in [0.1, 0.15) is 32.3 Å². The first-order valence-corrected chi connectivity index (χ1v) is 8.24. The van der Waals surface area contributed by atoms with Gasteiger partial charge in [-0.1, -0.05) is 13.8 Å². The fourth-order valence-electron chi connectivity index (χ4n) is 2.89. The van der Waals surface area contributed by atoms with Gasteiger partial charge in [-0.05, 0) is 36.6 Å². The minimum atomic E-state index is -3.30. The number of nitrogens with zero attached hydrogens (tertiary/aromatic N) is 1. The SMILES string of the molecule is CC1(C)CNc2ccc(S(=O)(=O)N3CCCC3)cc21. The first-order chi connectivity index (χ1) is 8.91. The van der Waals surface area contributed by atoms with Crippen molar-refractivity contribution < 1.29 is 8.42 Å². The maximum Gasteiger partial charge on any atom is 0.243 e. The zero-order chi connectivity index (χ0) is 13.7. The van der Waals surface area contributed by atoms with E-state index in [0.717, 1.165) is 30.6 Å². The number of rotatable bonds is 2. The molecule has 0 amide bonds. The van der Waals surface area contributed by atoms with Gasteiger partial charge >= 0.3 is 0 Å². The number of nitrogens with one attached hydrogen (secondary N) is 1. The van der Waals surface area contributed by atoms with E-state index in [9.17, 15) is 8.42 Å². The van der Waals surface area contributed by atoms with Gasteiger partial charge in [0.2, 0.25) is 10.0 Å². The van der Waals surface area contributed by atoms with Crippen LogP contribution in [0, 0.1) is 0 Å². The third-order valence-corrected chi connectivity index (χ3v) is 6.04. The molecule has 0 aliphatic carbocycles. The van der Waals surface area contributed by atoms with Crippen molar-refractivity contribution in [3.8, 4) is 0 Å². The summed E-state index contributed by atoms with van der Waals surface area (Å²) < 4.78 is 26.7. The van der Waals surface area contributed by atoms with E-state index in [1.807, 2.05) is 12.1 Å². The molecule has 19 heavy (non-hydrogen) atoms. The average Bonchev–Trinajstić information content (AvgIpc) is 2.98. The highest BCUT2D eigenvalue weighted by atomic mass is 32.2. The molecule has 0 saturated carbocycles. The monoisotopic (exact) mass is 280 g/mol. The van der Waals surface area contributed by atoms with Gasteiger partial charge in [0.25, 0.3) is 0 Å². The van der Waals surface area contributed by atoms with Crippen molar-refractivity contribution in [2.45, 2.75) is 37.0 Å². The zero-order valence-corrected chi connectivity index (χ0v) is 12.3. The molecule has 5 heteroatoms. The van der Waals surface area contributed by atoms with Crippen LogP contribution in [0.15, 0.2) is 23.1 Å². The van der Waals surface area contributed by atoms with Crippen LogP contribution >= 0.6 is 0 Å². The molecule has 3 rings (SSSR count). The van der Waals surface area contributed by atoms with Crippen LogP contribution in [0.3, 0.4) is 0 Å². The van der Waals surface area contributed by atoms with Gasteiger partial charge in [-0.2, -0.15) is 4.31 Å². The van der Waals surface area contributed by atoms with Gasteiger partial charge in [0.15, 0.2) is 0 Å². The lowest BCUT2D eigenvalue weighted by Crippen LogP contribution is -2.28. The lowest BCUT2D eigenvalue weighted by atomic mass is 9.87. The van der Waals surface area contributed by atoms with Gasteiger partial charge in [0.1, 0.15) is 0 Å². The van der Waals surface area contributed by atoms with Gasteiger partial charge in [0.05, 0.1) is 4.90 Å². The lowest BCUT2D eigenvalue weighted by Gasteiger charge is -2.20. The van der Waals surface area contributed by atoms with Crippen LogP contribution in [-0.4, -0.2) is 32.4 Å². The largest absolute Gasteiger partial charge is 0.384 e. The molecule has 0 spiro atoms. The molecule has 0 aromatic heterocycles. The molecule has 1 fully saturated rings. The van der Waals surface area contributed by atoms with E-state index in [1.165, 1.54) is 0 Å². The van der Waals surface area contributed by atoms with Crippen molar-refractivity contribution in [2.24, 2.45) is 0 Å². The molecule has 0 atom stereocenters. The Labute approximate surface area is 114 Å². The summed E-state index contributed by atoms with van der Waals surface area (Å²) in [5.41, 5.74) is 2.16. The Hall–Kier alpha value is -1.07. The smallest absolute Gasteiger partial charge is 0.243 e. The molecule has 1 saturated heterocycles. The normalized spacial score (nSPS) is 22.2. The fourth-order valence-corrected chi connectivity index (χ4v) is 4.43. The summed E-state index contributed by atoms with van der Waals surface area (Å²) >= 11 is 0. The predicted molar refractivity (Wildman–Crippen MR) is 76.0 cm³/mol. The molecule has 104 valence electrons. The molecule has 2 aliphatic rings. The molecule has 2 heterocycles. The quantitative estimate of drug-likeness (QED) is 0.903. The summed E-state index contributed by atoms with van der Waals surface area (Å²) in [6.45, 7) is 6.44. The number of anilines is 1. The van der Waals surface area contributed by atoms with Crippen LogP contribution < -0.4 is 5.32 Å². The van der Waals surface area contributed by atoms with Crippen molar-refractivity contribution in [3.05, 3.63) is 23.8 Å². The van der Waals surface area contributed by atoms with E-state index in [2.05, 4.69) is 19.2 Å². The number of hydrogen-bond acceptors (Lipinski definition) is 3. The third-order valence-electron chi connectivity index (χ3n) is 4.14. The molecule has 1 aromatic carbocycles. The molecule has 2 aliphatic heterocycles. The van der Waals surface area contributed by atoms with E-state index < -0.39 is 10.0 Å². The standard InChI is InChI=1S/C14H20N2O2S/c1-14(2)10-15-13-6-5-11(9-12(13)14)19(17,18)16-7-3-4-8-16/h5-6,9,15H,3-4,7-8,10H2,1-2H3. The summed E-state index contributed by atoms with van der Waals surface area (Å²) in [5.74, 6) is 0. The van der Waals surface area contributed by atoms with E-state index in [0.29, 0.717) is 18.0 Å². The maximum absolute atomic E-state index is 12.6. The number of benzene rings is 1. The summed E-state index contributed by atoms with van der Waals surface area (Å²) in [4.78, 5) is 0.435. The highest BCUT2D eigenvalue weighted by Gasteiger charge is 2.33. The molecule has 0 radical (unpaired) electrons. The maximum atomic E-state index is 12.6. The second-order valence-electron chi connectivity index (χ2n) is 6.06. The van der Waals surface area contributed by atoms with E-state index in [-0.39, 0.29) is 5.41 Å². The minimum Gasteiger partial charge on any atom is -0.384 e. The Morgan fingerprint density at radius 3 is 2.58 bits per heavy atom. The third kappa shape index (κ3) is 2.05. The average molecular weight is 280 g/mol. The molecule has 0 unspecified atom stereocenters. The van der Waals surface area contributed by atoms with Crippen molar-refractivity contribution in [1.82, 2.24) is 4.31 Å². The van der Waals surface area contributed by atoms with Crippen LogP contribution in [0.2, 0.25) is 0 Å². The molecule has 4 nitrogen and oxygen atoms in total. The minimum absolute atomic E-state index is 0.00806. The first kappa shape index (κ1) is 12.9. The summed E-state index contributed by atoms with van der Waals surface area (Å²) in [7, 11) is -3.30. The lowest BCUT2D eigenvalue weighted by molar-refractivity contribution is 0.477. The van der Waals surface area contributed by atoms with E-state index in [4.69, 9.17) is 0 Å². The summed E-state index contributed by atoms with van der Waals surface area (Å²) in [6, 6.07) is 5.47. The van der Waals surface area contributed by atoms with Gasteiger partial charge < -0.3 is 5.32 Å². The van der Waals surface area contributed by atoms with Gasteiger partial charge in [-0.15, -0.1) is 0 Å². The summed E-state index contributed by atoms with van der Waals surface area (Å²) in [6.07, 6.45) is 1.94. The van der Waals surface area contributed by atoms with E-state index >= 15 is 0 Å². The second-order valence-corrected chi connectivity index (χ2v) is 7.99.